The summed E-state index contributed by atoms with van der Waals surface area (Å²) >= 11 is 19.9. The number of aromatic nitrogens is 1. The van der Waals surface area contributed by atoms with E-state index < -0.39 is 0 Å². The SMILES string of the molecule is Cc1cc2c(Sc3ccc(Cl)cc3Cl)cc(Cl)cc2[nH]1. The molecule has 1 N–H and O–H groups in total. The standard InChI is InChI=1S/C15H10Cl3NS/c1-8-4-11-13(19-8)6-10(17)7-15(11)20-14-3-2-9(16)5-12(14)18/h2-7,19H,1H3. The second-order valence-electron chi connectivity index (χ2n) is 4.49. The summed E-state index contributed by atoms with van der Waals surface area (Å²) in [6.07, 6.45) is 0. The van der Waals surface area contributed by atoms with Crippen molar-refractivity contribution in [3.8, 4) is 0 Å². The van der Waals surface area contributed by atoms with Crippen LogP contribution in [0.25, 0.3) is 10.9 Å². The van der Waals surface area contributed by atoms with Crippen LogP contribution >= 0.6 is 46.6 Å². The summed E-state index contributed by atoms with van der Waals surface area (Å²) in [7, 11) is 0. The highest BCUT2D eigenvalue weighted by atomic mass is 35.5. The summed E-state index contributed by atoms with van der Waals surface area (Å²) in [4.78, 5) is 5.32. The predicted molar refractivity (Wildman–Crippen MR) is 88.6 cm³/mol. The summed E-state index contributed by atoms with van der Waals surface area (Å²) in [5.74, 6) is 0. The Morgan fingerprint density at radius 2 is 1.70 bits per heavy atom. The molecule has 0 spiro atoms. The maximum atomic E-state index is 6.23. The predicted octanol–water partition coefficient (Wildman–Crippen LogP) is 6.59. The number of halogens is 3. The van der Waals surface area contributed by atoms with E-state index in [1.807, 2.05) is 31.2 Å². The number of nitrogens with one attached hydrogen (secondary N) is 1. The molecule has 0 aliphatic carbocycles. The first kappa shape index (κ1) is 14.2. The van der Waals surface area contributed by atoms with Crippen LogP contribution in [-0.4, -0.2) is 4.98 Å². The molecule has 3 rings (SSSR count). The number of hydrogen-bond acceptors (Lipinski definition) is 1. The molecule has 0 saturated heterocycles. The molecule has 0 saturated carbocycles. The summed E-state index contributed by atoms with van der Waals surface area (Å²) in [6.45, 7) is 2.03. The highest BCUT2D eigenvalue weighted by molar-refractivity contribution is 7.99. The Morgan fingerprint density at radius 1 is 0.900 bits per heavy atom. The fourth-order valence-corrected chi connectivity index (χ4v) is 3.87. The smallest absolute Gasteiger partial charge is 0.0560 e. The number of rotatable bonds is 2. The van der Waals surface area contributed by atoms with E-state index in [-0.39, 0.29) is 0 Å². The maximum absolute atomic E-state index is 6.23. The van der Waals surface area contributed by atoms with Crippen LogP contribution in [0.15, 0.2) is 46.2 Å². The summed E-state index contributed by atoms with van der Waals surface area (Å²) < 4.78 is 0. The molecule has 1 aromatic heterocycles. The minimum absolute atomic E-state index is 0.632. The van der Waals surface area contributed by atoms with Crippen LogP contribution in [0.1, 0.15) is 5.69 Å². The van der Waals surface area contributed by atoms with E-state index in [0.29, 0.717) is 15.1 Å². The van der Waals surface area contributed by atoms with Gasteiger partial charge in [0, 0.05) is 36.4 Å². The van der Waals surface area contributed by atoms with Crippen LogP contribution in [0, 0.1) is 6.92 Å². The van der Waals surface area contributed by atoms with E-state index in [2.05, 4.69) is 11.1 Å². The number of fused-ring (bicyclic) bond motifs is 1. The minimum atomic E-state index is 0.632. The molecule has 2 aromatic carbocycles. The van der Waals surface area contributed by atoms with Gasteiger partial charge in [0.15, 0.2) is 0 Å². The van der Waals surface area contributed by atoms with Crippen molar-refractivity contribution in [1.82, 2.24) is 4.98 Å². The molecule has 0 bridgehead atoms. The number of aromatic amines is 1. The zero-order valence-corrected chi connectivity index (χ0v) is 13.6. The van der Waals surface area contributed by atoms with Crippen molar-refractivity contribution >= 4 is 57.5 Å². The molecular formula is C15H10Cl3NS. The molecule has 102 valence electrons. The Kier molecular flexibility index (Phi) is 3.91. The van der Waals surface area contributed by atoms with Gasteiger partial charge < -0.3 is 4.98 Å². The largest absolute Gasteiger partial charge is 0.359 e. The molecule has 1 heterocycles. The van der Waals surface area contributed by atoms with Gasteiger partial charge in [0.05, 0.1) is 5.02 Å². The number of H-pyrrole nitrogens is 1. The second kappa shape index (κ2) is 5.53. The third-order valence-corrected chi connectivity index (χ3v) is 4.93. The molecule has 0 unspecified atom stereocenters. The molecule has 3 aromatic rings. The zero-order valence-electron chi connectivity index (χ0n) is 10.5. The van der Waals surface area contributed by atoms with E-state index in [0.717, 1.165) is 26.4 Å². The number of benzene rings is 2. The Bertz CT molecular complexity index is 795. The Morgan fingerprint density at radius 3 is 2.45 bits per heavy atom. The van der Waals surface area contributed by atoms with Gasteiger partial charge in [-0.05, 0) is 43.3 Å². The van der Waals surface area contributed by atoms with E-state index in [9.17, 15) is 0 Å². The van der Waals surface area contributed by atoms with Crippen LogP contribution in [0.5, 0.6) is 0 Å². The van der Waals surface area contributed by atoms with Gasteiger partial charge in [0.25, 0.3) is 0 Å². The van der Waals surface area contributed by atoms with Crippen molar-refractivity contribution in [3.05, 3.63) is 57.2 Å². The lowest BCUT2D eigenvalue weighted by Gasteiger charge is -2.06. The molecule has 1 nitrogen and oxygen atoms in total. The van der Waals surface area contributed by atoms with Gasteiger partial charge in [-0.25, -0.2) is 0 Å². The summed E-state index contributed by atoms with van der Waals surface area (Å²) in [6, 6.07) is 11.5. The third-order valence-electron chi connectivity index (χ3n) is 2.91. The molecule has 0 radical (unpaired) electrons. The lowest BCUT2D eigenvalue weighted by molar-refractivity contribution is 1.30. The summed E-state index contributed by atoms with van der Waals surface area (Å²) in [5.41, 5.74) is 2.13. The minimum Gasteiger partial charge on any atom is -0.359 e. The zero-order chi connectivity index (χ0) is 14.3. The Hall–Kier alpha value is -0.800. The normalized spacial score (nSPS) is 11.2. The number of aryl methyl sites for hydroxylation is 1. The van der Waals surface area contributed by atoms with E-state index >= 15 is 0 Å². The van der Waals surface area contributed by atoms with E-state index in [4.69, 9.17) is 34.8 Å². The summed E-state index contributed by atoms with van der Waals surface area (Å²) in [5, 5.41) is 3.12. The van der Waals surface area contributed by atoms with Gasteiger partial charge in [-0.3, -0.25) is 0 Å². The molecule has 20 heavy (non-hydrogen) atoms. The molecule has 0 amide bonds. The highest BCUT2D eigenvalue weighted by Crippen LogP contribution is 2.39. The molecular weight excluding hydrogens is 333 g/mol. The molecule has 0 aliphatic heterocycles. The first-order valence-electron chi connectivity index (χ1n) is 5.95. The maximum Gasteiger partial charge on any atom is 0.0560 e. The van der Waals surface area contributed by atoms with Gasteiger partial charge in [-0.2, -0.15) is 0 Å². The van der Waals surface area contributed by atoms with Crippen molar-refractivity contribution in [2.24, 2.45) is 0 Å². The van der Waals surface area contributed by atoms with Crippen molar-refractivity contribution < 1.29 is 0 Å². The second-order valence-corrected chi connectivity index (χ2v) is 6.86. The molecule has 0 atom stereocenters. The van der Waals surface area contributed by atoms with E-state index in [1.54, 1.807) is 17.8 Å². The van der Waals surface area contributed by atoms with Crippen molar-refractivity contribution in [2.75, 3.05) is 0 Å². The van der Waals surface area contributed by atoms with Crippen LogP contribution in [0.2, 0.25) is 15.1 Å². The van der Waals surface area contributed by atoms with Crippen molar-refractivity contribution in [1.29, 1.82) is 0 Å². The average Bonchev–Trinajstić information content (AvgIpc) is 2.73. The van der Waals surface area contributed by atoms with Gasteiger partial charge in [-0.15, -0.1) is 0 Å². The van der Waals surface area contributed by atoms with Gasteiger partial charge in [-0.1, -0.05) is 46.6 Å². The Labute approximate surface area is 136 Å². The first-order valence-corrected chi connectivity index (χ1v) is 7.90. The highest BCUT2D eigenvalue weighted by Gasteiger charge is 2.10. The Balaban J connectivity index is 2.10. The van der Waals surface area contributed by atoms with Crippen molar-refractivity contribution in [3.63, 3.8) is 0 Å². The van der Waals surface area contributed by atoms with Gasteiger partial charge >= 0.3 is 0 Å². The molecule has 5 heteroatoms. The third kappa shape index (κ3) is 2.79. The van der Waals surface area contributed by atoms with Gasteiger partial charge in [0.1, 0.15) is 0 Å². The van der Waals surface area contributed by atoms with E-state index in [1.165, 1.54) is 0 Å². The van der Waals surface area contributed by atoms with Crippen LogP contribution in [-0.2, 0) is 0 Å². The van der Waals surface area contributed by atoms with Crippen molar-refractivity contribution in [2.45, 2.75) is 16.7 Å². The lowest BCUT2D eigenvalue weighted by Crippen LogP contribution is -1.79. The van der Waals surface area contributed by atoms with Crippen LogP contribution in [0.3, 0.4) is 0 Å². The van der Waals surface area contributed by atoms with Crippen LogP contribution in [0.4, 0.5) is 0 Å². The first-order chi connectivity index (χ1) is 9.52. The van der Waals surface area contributed by atoms with Crippen LogP contribution < -0.4 is 0 Å². The lowest BCUT2D eigenvalue weighted by atomic mass is 10.2. The fraction of sp³-hybridized carbons (Fsp3) is 0.0667. The average molecular weight is 343 g/mol. The fourth-order valence-electron chi connectivity index (χ4n) is 2.07. The number of hydrogen-bond donors (Lipinski definition) is 1. The topological polar surface area (TPSA) is 15.8 Å². The quantitative estimate of drug-likeness (QED) is 0.555. The monoisotopic (exact) mass is 341 g/mol. The molecule has 0 aliphatic rings. The molecule has 0 fully saturated rings. The van der Waals surface area contributed by atoms with Gasteiger partial charge in [0.2, 0.25) is 0 Å².